The van der Waals surface area contributed by atoms with Gasteiger partial charge in [0, 0.05) is 15.6 Å². The number of hydrogen-bond donors (Lipinski definition) is 1. The van der Waals surface area contributed by atoms with E-state index in [9.17, 15) is 13.2 Å². The van der Waals surface area contributed by atoms with Crippen molar-refractivity contribution in [2.75, 3.05) is 5.73 Å². The number of aromatic nitrogens is 1. The van der Waals surface area contributed by atoms with E-state index in [0.717, 1.165) is 12.1 Å². The quantitative estimate of drug-likeness (QED) is 0.863. The van der Waals surface area contributed by atoms with Crippen molar-refractivity contribution >= 4 is 21.8 Å². The van der Waals surface area contributed by atoms with E-state index in [0.29, 0.717) is 21.3 Å². The van der Waals surface area contributed by atoms with E-state index in [2.05, 4.69) is 21.1 Å². The lowest BCUT2D eigenvalue weighted by Gasteiger charge is -2.09. The molecule has 0 aliphatic carbocycles. The summed E-state index contributed by atoms with van der Waals surface area (Å²) in [5.41, 5.74) is 5.84. The minimum absolute atomic E-state index is 0.0920. The molecule has 1 heterocycles. The van der Waals surface area contributed by atoms with E-state index in [4.69, 9.17) is 10.3 Å². The SMILES string of the molecule is Cc1c(-c2cc(C(F)(F)F)ccc2Br)noc1N. The van der Waals surface area contributed by atoms with Gasteiger partial charge in [-0.3, -0.25) is 0 Å². The Kier molecular flexibility index (Phi) is 3.10. The fourth-order valence-corrected chi connectivity index (χ4v) is 1.92. The van der Waals surface area contributed by atoms with Gasteiger partial charge in [0.25, 0.3) is 0 Å². The largest absolute Gasteiger partial charge is 0.416 e. The van der Waals surface area contributed by atoms with Crippen LogP contribution >= 0.6 is 15.9 Å². The van der Waals surface area contributed by atoms with Crippen molar-refractivity contribution in [1.82, 2.24) is 5.16 Å². The third-order valence-electron chi connectivity index (χ3n) is 2.51. The molecule has 2 aromatic rings. The zero-order chi connectivity index (χ0) is 13.5. The molecule has 0 radical (unpaired) electrons. The molecule has 2 N–H and O–H groups in total. The first-order valence-corrected chi connectivity index (χ1v) is 5.69. The number of rotatable bonds is 1. The van der Waals surface area contributed by atoms with E-state index >= 15 is 0 Å². The Morgan fingerprint density at radius 2 is 2.00 bits per heavy atom. The van der Waals surface area contributed by atoms with Gasteiger partial charge in [-0.15, -0.1) is 0 Å². The molecule has 7 heteroatoms. The van der Waals surface area contributed by atoms with Crippen LogP contribution in [0.15, 0.2) is 27.2 Å². The van der Waals surface area contributed by atoms with Gasteiger partial charge in [0.2, 0.25) is 5.88 Å². The lowest BCUT2D eigenvalue weighted by molar-refractivity contribution is -0.137. The Labute approximate surface area is 109 Å². The van der Waals surface area contributed by atoms with Crippen molar-refractivity contribution < 1.29 is 17.7 Å². The molecular formula is C11H8BrF3N2O. The summed E-state index contributed by atoms with van der Waals surface area (Å²) in [6.45, 7) is 1.63. The summed E-state index contributed by atoms with van der Waals surface area (Å²) < 4.78 is 43.2. The van der Waals surface area contributed by atoms with Crippen LogP contribution in [0.1, 0.15) is 11.1 Å². The second-order valence-corrected chi connectivity index (χ2v) is 4.57. The van der Waals surface area contributed by atoms with Crippen molar-refractivity contribution in [2.24, 2.45) is 0 Å². The van der Waals surface area contributed by atoms with Crippen LogP contribution in [-0.4, -0.2) is 5.16 Å². The molecule has 0 amide bonds. The number of benzene rings is 1. The molecule has 18 heavy (non-hydrogen) atoms. The highest BCUT2D eigenvalue weighted by Crippen LogP contribution is 2.37. The summed E-state index contributed by atoms with van der Waals surface area (Å²) in [5.74, 6) is 0.0920. The van der Waals surface area contributed by atoms with Crippen LogP contribution < -0.4 is 5.73 Å². The lowest BCUT2D eigenvalue weighted by atomic mass is 10.1. The van der Waals surface area contributed by atoms with Gasteiger partial charge in [-0.2, -0.15) is 13.2 Å². The Balaban J connectivity index is 2.61. The van der Waals surface area contributed by atoms with Crippen LogP contribution in [0, 0.1) is 6.92 Å². The molecule has 0 atom stereocenters. The molecule has 96 valence electrons. The average molecular weight is 321 g/mol. The Bertz CT molecular complexity index is 592. The summed E-state index contributed by atoms with van der Waals surface area (Å²) in [4.78, 5) is 0. The monoisotopic (exact) mass is 320 g/mol. The van der Waals surface area contributed by atoms with Crippen LogP contribution in [0.3, 0.4) is 0 Å². The number of nitrogens with zero attached hydrogens (tertiary/aromatic N) is 1. The maximum Gasteiger partial charge on any atom is 0.416 e. The Hall–Kier alpha value is -1.50. The highest BCUT2D eigenvalue weighted by atomic mass is 79.9. The lowest BCUT2D eigenvalue weighted by Crippen LogP contribution is -2.05. The summed E-state index contributed by atoms with van der Waals surface area (Å²) in [6.07, 6.45) is -4.40. The normalized spacial score (nSPS) is 11.8. The maximum absolute atomic E-state index is 12.6. The number of anilines is 1. The molecule has 0 spiro atoms. The van der Waals surface area contributed by atoms with Gasteiger partial charge in [0.15, 0.2) is 0 Å². The first-order chi connectivity index (χ1) is 8.30. The Morgan fingerprint density at radius 3 is 2.50 bits per heavy atom. The van der Waals surface area contributed by atoms with Crippen LogP contribution in [-0.2, 0) is 6.18 Å². The van der Waals surface area contributed by atoms with Crippen molar-refractivity contribution in [3.05, 3.63) is 33.8 Å². The standard InChI is InChI=1S/C11H8BrF3N2O/c1-5-9(17-18-10(5)16)7-4-6(11(13,14)15)2-3-8(7)12/h2-4H,16H2,1H3. The van der Waals surface area contributed by atoms with Crippen LogP contribution in [0.25, 0.3) is 11.3 Å². The molecule has 0 aliphatic heterocycles. The molecule has 0 unspecified atom stereocenters. The number of alkyl halides is 3. The molecule has 1 aromatic heterocycles. The fourth-order valence-electron chi connectivity index (χ4n) is 1.48. The second kappa shape index (κ2) is 4.31. The predicted octanol–water partition coefficient (Wildman–Crippen LogP) is 4.01. The van der Waals surface area contributed by atoms with Crippen molar-refractivity contribution in [3.8, 4) is 11.3 Å². The van der Waals surface area contributed by atoms with Crippen LogP contribution in [0.5, 0.6) is 0 Å². The predicted molar refractivity (Wildman–Crippen MR) is 63.8 cm³/mol. The molecule has 1 aromatic carbocycles. The molecule has 0 saturated carbocycles. The average Bonchev–Trinajstić information content (AvgIpc) is 2.59. The number of hydrogen-bond acceptors (Lipinski definition) is 3. The number of nitrogens with two attached hydrogens (primary N) is 1. The molecule has 0 fully saturated rings. The van der Waals surface area contributed by atoms with Crippen LogP contribution in [0.4, 0.5) is 19.1 Å². The molecular weight excluding hydrogens is 313 g/mol. The summed E-state index contributed by atoms with van der Waals surface area (Å²) in [7, 11) is 0. The third-order valence-corrected chi connectivity index (χ3v) is 3.20. The van der Waals surface area contributed by atoms with E-state index < -0.39 is 11.7 Å². The highest BCUT2D eigenvalue weighted by Gasteiger charge is 2.31. The molecule has 0 aliphatic rings. The summed E-state index contributed by atoms with van der Waals surface area (Å²) in [6, 6.07) is 3.32. The van der Waals surface area contributed by atoms with Crippen molar-refractivity contribution in [1.29, 1.82) is 0 Å². The van der Waals surface area contributed by atoms with Crippen molar-refractivity contribution in [3.63, 3.8) is 0 Å². The zero-order valence-corrected chi connectivity index (χ0v) is 10.8. The first kappa shape index (κ1) is 12.9. The van der Waals surface area contributed by atoms with E-state index in [-0.39, 0.29) is 5.88 Å². The Morgan fingerprint density at radius 1 is 1.33 bits per heavy atom. The van der Waals surface area contributed by atoms with Gasteiger partial charge in [0.05, 0.1) is 5.56 Å². The minimum atomic E-state index is -4.40. The molecule has 0 bridgehead atoms. The van der Waals surface area contributed by atoms with Crippen LogP contribution in [0.2, 0.25) is 0 Å². The molecule has 2 rings (SSSR count). The summed E-state index contributed by atoms with van der Waals surface area (Å²) >= 11 is 3.19. The first-order valence-electron chi connectivity index (χ1n) is 4.89. The van der Waals surface area contributed by atoms with Gasteiger partial charge in [0.1, 0.15) is 5.69 Å². The summed E-state index contributed by atoms with van der Waals surface area (Å²) in [5, 5.41) is 3.67. The maximum atomic E-state index is 12.6. The minimum Gasteiger partial charge on any atom is -0.367 e. The fraction of sp³-hybridized carbons (Fsp3) is 0.182. The van der Waals surface area contributed by atoms with Gasteiger partial charge < -0.3 is 10.3 Å². The van der Waals surface area contributed by atoms with Gasteiger partial charge in [-0.25, -0.2) is 0 Å². The van der Waals surface area contributed by atoms with Gasteiger partial charge in [-0.05, 0) is 25.1 Å². The van der Waals surface area contributed by atoms with E-state index in [1.165, 1.54) is 6.07 Å². The zero-order valence-electron chi connectivity index (χ0n) is 9.18. The van der Waals surface area contributed by atoms with Gasteiger partial charge in [-0.1, -0.05) is 21.1 Å². The molecule has 0 saturated heterocycles. The van der Waals surface area contributed by atoms with E-state index in [1.807, 2.05) is 0 Å². The van der Waals surface area contributed by atoms with Gasteiger partial charge >= 0.3 is 6.18 Å². The van der Waals surface area contributed by atoms with E-state index in [1.54, 1.807) is 6.92 Å². The number of nitrogen functional groups attached to an aromatic ring is 1. The smallest absolute Gasteiger partial charge is 0.367 e. The molecule has 3 nitrogen and oxygen atoms in total. The highest BCUT2D eigenvalue weighted by molar-refractivity contribution is 9.10. The second-order valence-electron chi connectivity index (χ2n) is 3.71. The third kappa shape index (κ3) is 2.22. The topological polar surface area (TPSA) is 52.0 Å². The number of halogens is 4. The van der Waals surface area contributed by atoms with Crippen molar-refractivity contribution in [2.45, 2.75) is 13.1 Å².